The topological polar surface area (TPSA) is 107 Å². The summed E-state index contributed by atoms with van der Waals surface area (Å²) < 4.78 is 0. The van der Waals surface area contributed by atoms with Gasteiger partial charge in [0.25, 0.3) is 0 Å². The first-order chi connectivity index (χ1) is 8.61. The summed E-state index contributed by atoms with van der Waals surface area (Å²) in [6, 6.07) is -0.838. The van der Waals surface area contributed by atoms with Crippen LogP contribution in [0.4, 0.5) is 4.79 Å². The maximum Gasteiger partial charge on any atom is 0.408 e. The Morgan fingerprint density at radius 3 is 3.06 bits per heavy atom. The third kappa shape index (κ3) is 2.67. The Morgan fingerprint density at radius 2 is 2.39 bits per heavy atom. The molecule has 2 saturated heterocycles. The van der Waals surface area contributed by atoms with Crippen molar-refractivity contribution in [2.45, 2.75) is 42.6 Å². The molecule has 0 aromatic heterocycles. The molecule has 2 heterocycles. The van der Waals surface area contributed by atoms with E-state index in [1.165, 1.54) is 0 Å². The second kappa shape index (κ2) is 5.44. The van der Waals surface area contributed by atoms with Crippen molar-refractivity contribution in [2.75, 3.05) is 5.75 Å². The highest BCUT2D eigenvalue weighted by Crippen LogP contribution is 2.33. The van der Waals surface area contributed by atoms with E-state index in [0.29, 0.717) is 18.1 Å². The zero-order chi connectivity index (χ0) is 13.1. The summed E-state index contributed by atoms with van der Waals surface area (Å²) >= 11 is 1.79. The van der Waals surface area contributed by atoms with Crippen LogP contribution in [0.15, 0.2) is 0 Å². The highest BCUT2D eigenvalue weighted by molar-refractivity contribution is 8.00. The zero-order valence-electron chi connectivity index (χ0n) is 9.70. The Kier molecular flexibility index (Phi) is 3.91. The number of nitrogens with one attached hydrogen (secondary N) is 2. The fraction of sp³-hybridized carbons (Fsp3) is 0.800. The average Bonchev–Trinajstić information content (AvgIpc) is 2.84. The third-order valence-electron chi connectivity index (χ3n) is 3.33. The third-order valence-corrected chi connectivity index (χ3v) is 4.84. The SMILES string of the molecule is N#[N+]C(CCC[C@@H]1SC[C@@H]2NC(=O)N[C@@H]21)C(=O)O. The number of aliphatic carboxylic acids is 1. The van der Waals surface area contributed by atoms with Gasteiger partial charge in [0.05, 0.1) is 12.1 Å². The van der Waals surface area contributed by atoms with Gasteiger partial charge in [0.1, 0.15) is 4.98 Å². The van der Waals surface area contributed by atoms with E-state index in [1.807, 2.05) is 0 Å². The average molecular weight is 271 g/mol. The molecule has 2 fully saturated rings. The lowest BCUT2D eigenvalue weighted by molar-refractivity contribution is -0.137. The van der Waals surface area contributed by atoms with Crippen LogP contribution in [-0.2, 0) is 4.79 Å². The van der Waals surface area contributed by atoms with Gasteiger partial charge in [-0.15, -0.1) is 0 Å². The van der Waals surface area contributed by atoms with Crippen molar-refractivity contribution in [3.8, 4) is 0 Å². The molecule has 8 heteroatoms. The molecule has 0 aromatic rings. The molecule has 0 aromatic carbocycles. The van der Waals surface area contributed by atoms with E-state index in [9.17, 15) is 9.59 Å². The second-order valence-corrected chi connectivity index (χ2v) is 5.79. The summed E-state index contributed by atoms with van der Waals surface area (Å²) in [5, 5.41) is 23.3. The monoisotopic (exact) mass is 271 g/mol. The maximum absolute atomic E-state index is 11.2. The van der Waals surface area contributed by atoms with E-state index >= 15 is 0 Å². The summed E-state index contributed by atoms with van der Waals surface area (Å²) in [6.45, 7) is 0. The maximum atomic E-state index is 11.2. The van der Waals surface area contributed by atoms with Crippen LogP contribution < -0.4 is 10.6 Å². The number of fused-ring (bicyclic) bond motifs is 1. The highest BCUT2D eigenvalue weighted by atomic mass is 32.2. The zero-order valence-corrected chi connectivity index (χ0v) is 10.5. The Labute approximate surface area is 108 Å². The number of amides is 2. The minimum atomic E-state index is -1.11. The number of carboxylic acids is 1. The lowest BCUT2D eigenvalue weighted by Crippen LogP contribution is -2.36. The minimum absolute atomic E-state index is 0.121. The van der Waals surface area contributed by atoms with Crippen molar-refractivity contribution in [3.05, 3.63) is 4.98 Å². The van der Waals surface area contributed by atoms with Crippen molar-refractivity contribution in [1.29, 1.82) is 5.39 Å². The van der Waals surface area contributed by atoms with E-state index in [4.69, 9.17) is 10.5 Å². The van der Waals surface area contributed by atoms with Crippen LogP contribution in [0.1, 0.15) is 19.3 Å². The molecule has 2 rings (SSSR count). The Balaban J connectivity index is 1.76. The van der Waals surface area contributed by atoms with Gasteiger partial charge in [-0.2, -0.15) is 11.8 Å². The highest BCUT2D eigenvalue weighted by Gasteiger charge is 2.43. The number of urea groups is 1. The molecule has 18 heavy (non-hydrogen) atoms. The molecule has 2 amide bonds. The number of carboxylic acid groups (broad SMARTS) is 1. The molecular formula is C10H15N4O3S+. The van der Waals surface area contributed by atoms with Crippen LogP contribution >= 0.6 is 11.8 Å². The predicted molar refractivity (Wildman–Crippen MR) is 65.8 cm³/mol. The number of diazo groups is 1. The van der Waals surface area contributed by atoms with E-state index in [0.717, 1.165) is 12.2 Å². The van der Waals surface area contributed by atoms with Crippen molar-refractivity contribution >= 4 is 23.8 Å². The van der Waals surface area contributed by atoms with Crippen molar-refractivity contribution in [1.82, 2.24) is 10.6 Å². The van der Waals surface area contributed by atoms with Crippen LogP contribution in [-0.4, -0.2) is 46.2 Å². The number of carbonyl (C=O) groups is 2. The summed E-state index contributed by atoms with van der Waals surface area (Å²) in [6.07, 6.45) is 1.80. The summed E-state index contributed by atoms with van der Waals surface area (Å²) in [4.78, 5) is 24.7. The van der Waals surface area contributed by atoms with Gasteiger partial charge in [-0.05, 0) is 12.8 Å². The largest absolute Gasteiger partial charge is 0.475 e. The summed E-state index contributed by atoms with van der Waals surface area (Å²) in [5.74, 6) is -0.217. The number of thioether (sulfide) groups is 1. The molecule has 2 aliphatic rings. The summed E-state index contributed by atoms with van der Waals surface area (Å²) in [5.41, 5.74) is 0. The van der Waals surface area contributed by atoms with Gasteiger partial charge >= 0.3 is 18.0 Å². The van der Waals surface area contributed by atoms with Gasteiger partial charge in [-0.3, -0.25) is 0 Å². The van der Waals surface area contributed by atoms with Gasteiger partial charge in [0.2, 0.25) is 5.39 Å². The molecule has 0 aliphatic carbocycles. The van der Waals surface area contributed by atoms with Gasteiger partial charge in [0, 0.05) is 17.4 Å². The number of hydrogen-bond acceptors (Lipinski definition) is 4. The van der Waals surface area contributed by atoms with Crippen molar-refractivity contribution in [3.63, 3.8) is 0 Å². The summed E-state index contributed by atoms with van der Waals surface area (Å²) in [7, 11) is 0. The van der Waals surface area contributed by atoms with E-state index in [2.05, 4.69) is 15.6 Å². The molecule has 2 aliphatic heterocycles. The molecule has 98 valence electrons. The van der Waals surface area contributed by atoms with Crippen LogP contribution in [0.2, 0.25) is 0 Å². The molecule has 1 unspecified atom stereocenters. The normalized spacial score (nSPS) is 31.1. The molecule has 4 atom stereocenters. The lowest BCUT2D eigenvalue weighted by atomic mass is 10.0. The van der Waals surface area contributed by atoms with E-state index < -0.39 is 12.0 Å². The van der Waals surface area contributed by atoms with Crippen molar-refractivity contribution in [2.24, 2.45) is 0 Å². The molecule has 3 N–H and O–H groups in total. The van der Waals surface area contributed by atoms with Crippen LogP contribution in [0.3, 0.4) is 0 Å². The standard InChI is InChI=1S/C10H14N4O3S/c11-14-5(9(15)16)2-1-3-7-8-6(4-18-7)12-10(17)13-8/h5-8H,1-4H2,(H2-,12,13,15,16,17)/p+1/t5?,6-,7-,8-/m0/s1. The Bertz CT molecular complexity index is 397. The fourth-order valence-corrected chi connectivity index (χ4v) is 3.93. The number of rotatable bonds is 5. The molecule has 7 nitrogen and oxygen atoms in total. The Hall–Kier alpha value is -1.49. The van der Waals surface area contributed by atoms with Gasteiger partial charge in [0.15, 0.2) is 0 Å². The lowest BCUT2D eigenvalue weighted by Gasteiger charge is -2.15. The van der Waals surface area contributed by atoms with Gasteiger partial charge < -0.3 is 15.7 Å². The van der Waals surface area contributed by atoms with Crippen LogP contribution in [0, 0.1) is 5.39 Å². The van der Waals surface area contributed by atoms with Gasteiger partial charge in [-0.1, -0.05) is 0 Å². The number of carbonyl (C=O) groups excluding carboxylic acids is 1. The predicted octanol–water partition coefficient (Wildman–Crippen LogP) is 0.628. The van der Waals surface area contributed by atoms with E-state index in [1.54, 1.807) is 11.8 Å². The first-order valence-electron chi connectivity index (χ1n) is 5.87. The molecule has 0 bridgehead atoms. The Morgan fingerprint density at radius 1 is 1.61 bits per heavy atom. The van der Waals surface area contributed by atoms with E-state index in [-0.39, 0.29) is 18.1 Å². The number of nitrogens with zero attached hydrogens (tertiary/aromatic N) is 2. The molecule has 0 radical (unpaired) electrons. The molecule has 0 saturated carbocycles. The second-order valence-electron chi connectivity index (χ2n) is 4.52. The first-order valence-corrected chi connectivity index (χ1v) is 6.92. The van der Waals surface area contributed by atoms with Crippen LogP contribution in [0.5, 0.6) is 0 Å². The fourth-order valence-electron chi connectivity index (χ4n) is 2.39. The first kappa shape index (κ1) is 13.0. The molecule has 0 spiro atoms. The van der Waals surface area contributed by atoms with Crippen molar-refractivity contribution < 1.29 is 14.7 Å². The van der Waals surface area contributed by atoms with Crippen LogP contribution in [0.25, 0.3) is 4.98 Å². The minimum Gasteiger partial charge on any atom is -0.475 e. The molecular weight excluding hydrogens is 256 g/mol. The quantitative estimate of drug-likeness (QED) is 0.502. The van der Waals surface area contributed by atoms with Gasteiger partial charge in [-0.25, -0.2) is 9.59 Å². The number of hydrogen-bond donors (Lipinski definition) is 3. The smallest absolute Gasteiger partial charge is 0.408 e.